The molecule has 26 heavy (non-hydrogen) atoms. The van der Waals surface area contributed by atoms with Gasteiger partial charge in [-0.2, -0.15) is 0 Å². The zero-order valence-electron chi connectivity index (χ0n) is 14.9. The molecule has 1 amide bonds. The second-order valence-electron chi connectivity index (χ2n) is 6.74. The van der Waals surface area contributed by atoms with Crippen LogP contribution in [0.4, 0.5) is 10.1 Å². The molecule has 1 aliphatic heterocycles. The first-order valence-electron chi connectivity index (χ1n) is 9.09. The van der Waals surface area contributed by atoms with Crippen molar-refractivity contribution < 1.29 is 13.9 Å². The van der Waals surface area contributed by atoms with Crippen LogP contribution in [0.2, 0.25) is 0 Å². The van der Waals surface area contributed by atoms with Crippen LogP contribution in [0.25, 0.3) is 0 Å². The maximum Gasteiger partial charge on any atom is 0.223 e. The van der Waals surface area contributed by atoms with E-state index in [4.69, 9.17) is 10.5 Å². The molecular formula is C21H25FN2O2. The van der Waals surface area contributed by atoms with Gasteiger partial charge >= 0.3 is 0 Å². The lowest BCUT2D eigenvalue weighted by Gasteiger charge is -2.26. The number of halogens is 1. The Bertz CT molecular complexity index is 744. The van der Waals surface area contributed by atoms with E-state index in [2.05, 4.69) is 0 Å². The lowest BCUT2D eigenvalue weighted by molar-refractivity contribution is -0.133. The number of nitrogens with two attached hydrogens (primary N) is 1. The summed E-state index contributed by atoms with van der Waals surface area (Å²) in [5.74, 6) is -0.253. The van der Waals surface area contributed by atoms with E-state index in [0.717, 1.165) is 30.6 Å². The molecule has 0 aliphatic carbocycles. The van der Waals surface area contributed by atoms with E-state index in [1.807, 2.05) is 30.3 Å². The topological polar surface area (TPSA) is 55.6 Å². The van der Waals surface area contributed by atoms with E-state index in [0.29, 0.717) is 31.6 Å². The number of ether oxygens (including phenoxy) is 1. The van der Waals surface area contributed by atoms with Crippen LogP contribution in [-0.4, -0.2) is 30.1 Å². The molecule has 2 N–H and O–H groups in total. The highest BCUT2D eigenvalue weighted by Crippen LogP contribution is 2.18. The molecule has 138 valence electrons. The third-order valence-electron chi connectivity index (χ3n) is 4.73. The second kappa shape index (κ2) is 8.81. The molecule has 1 unspecified atom stereocenters. The first-order chi connectivity index (χ1) is 12.6. The van der Waals surface area contributed by atoms with Gasteiger partial charge in [0.25, 0.3) is 0 Å². The molecule has 1 heterocycles. The summed E-state index contributed by atoms with van der Waals surface area (Å²) in [4.78, 5) is 14.6. The second-order valence-corrected chi connectivity index (χ2v) is 6.74. The van der Waals surface area contributed by atoms with Gasteiger partial charge in [0.1, 0.15) is 5.82 Å². The van der Waals surface area contributed by atoms with E-state index in [9.17, 15) is 9.18 Å². The third kappa shape index (κ3) is 5.05. The van der Waals surface area contributed by atoms with Crippen molar-refractivity contribution in [1.82, 2.24) is 4.90 Å². The lowest BCUT2D eigenvalue weighted by Crippen LogP contribution is -2.37. The Morgan fingerprint density at radius 2 is 2.08 bits per heavy atom. The number of anilines is 1. The molecule has 0 bridgehead atoms. The first-order valence-corrected chi connectivity index (χ1v) is 9.09. The summed E-state index contributed by atoms with van der Waals surface area (Å²) in [6.45, 7) is 1.67. The first kappa shape index (κ1) is 18.4. The number of amides is 1. The minimum absolute atomic E-state index is 0.0352. The van der Waals surface area contributed by atoms with Gasteiger partial charge in [-0.3, -0.25) is 4.79 Å². The molecule has 0 aromatic heterocycles. The largest absolute Gasteiger partial charge is 0.399 e. The Morgan fingerprint density at radius 3 is 2.81 bits per heavy atom. The fraction of sp³-hybridized carbons (Fsp3) is 0.381. The van der Waals surface area contributed by atoms with E-state index in [1.165, 1.54) is 12.1 Å². The molecule has 2 aromatic rings. The number of carbonyl (C=O) groups excluding carboxylic acids is 1. The van der Waals surface area contributed by atoms with E-state index in [-0.39, 0.29) is 17.8 Å². The van der Waals surface area contributed by atoms with Gasteiger partial charge in [-0.25, -0.2) is 4.39 Å². The minimum Gasteiger partial charge on any atom is -0.399 e. The average molecular weight is 356 g/mol. The molecule has 1 fully saturated rings. The van der Waals surface area contributed by atoms with Gasteiger partial charge in [-0.05, 0) is 48.6 Å². The molecule has 0 saturated carbocycles. The summed E-state index contributed by atoms with van der Waals surface area (Å²) in [5.41, 5.74) is 8.44. The highest BCUT2D eigenvalue weighted by Gasteiger charge is 2.23. The maximum atomic E-state index is 13.5. The number of rotatable bonds is 7. The van der Waals surface area contributed by atoms with Crippen molar-refractivity contribution in [3.63, 3.8) is 0 Å². The van der Waals surface area contributed by atoms with Crippen LogP contribution in [0.5, 0.6) is 0 Å². The van der Waals surface area contributed by atoms with Crippen LogP contribution < -0.4 is 5.73 Å². The Balaban J connectivity index is 1.66. The summed E-state index contributed by atoms with van der Waals surface area (Å²) in [6.07, 6.45) is 3.01. The molecule has 0 radical (unpaired) electrons. The third-order valence-corrected chi connectivity index (χ3v) is 4.73. The fourth-order valence-corrected chi connectivity index (χ4v) is 3.31. The van der Waals surface area contributed by atoms with Gasteiger partial charge in [-0.15, -0.1) is 0 Å². The fourth-order valence-electron chi connectivity index (χ4n) is 3.31. The number of para-hydroxylation sites is 1. The maximum absolute atomic E-state index is 13.5. The number of aryl methyl sites for hydroxylation is 1. The van der Waals surface area contributed by atoms with Crippen molar-refractivity contribution >= 4 is 11.6 Å². The zero-order chi connectivity index (χ0) is 18.4. The number of nitrogens with zero attached hydrogens (tertiary/aromatic N) is 1. The van der Waals surface area contributed by atoms with Gasteiger partial charge in [0.2, 0.25) is 5.91 Å². The predicted octanol–water partition coefficient (Wildman–Crippen LogP) is 3.55. The molecule has 0 spiro atoms. The molecule has 2 aromatic carbocycles. The van der Waals surface area contributed by atoms with Crippen molar-refractivity contribution in [3.8, 4) is 0 Å². The molecule has 5 heteroatoms. The van der Waals surface area contributed by atoms with Crippen LogP contribution in [0.3, 0.4) is 0 Å². The van der Waals surface area contributed by atoms with Gasteiger partial charge in [-0.1, -0.05) is 30.3 Å². The molecular weight excluding hydrogens is 331 g/mol. The Labute approximate surface area is 153 Å². The SMILES string of the molecule is Nc1ccccc1CCC(=O)N(Cc1cccc(F)c1)CC1CCCO1. The van der Waals surface area contributed by atoms with Crippen molar-refractivity contribution in [2.75, 3.05) is 18.9 Å². The Kier molecular flexibility index (Phi) is 6.23. The number of hydrogen-bond donors (Lipinski definition) is 1. The molecule has 1 aliphatic rings. The van der Waals surface area contributed by atoms with Crippen LogP contribution in [0.1, 0.15) is 30.4 Å². The Hall–Kier alpha value is -2.40. The smallest absolute Gasteiger partial charge is 0.223 e. The van der Waals surface area contributed by atoms with Crippen LogP contribution in [0.15, 0.2) is 48.5 Å². The van der Waals surface area contributed by atoms with E-state index >= 15 is 0 Å². The summed E-state index contributed by atoms with van der Waals surface area (Å²) < 4.78 is 19.2. The van der Waals surface area contributed by atoms with Crippen LogP contribution in [-0.2, 0) is 22.5 Å². The number of benzene rings is 2. The van der Waals surface area contributed by atoms with Crippen molar-refractivity contribution in [3.05, 3.63) is 65.5 Å². The lowest BCUT2D eigenvalue weighted by atomic mass is 10.1. The average Bonchev–Trinajstić information content (AvgIpc) is 3.13. The predicted molar refractivity (Wildman–Crippen MR) is 100.0 cm³/mol. The monoisotopic (exact) mass is 356 g/mol. The van der Waals surface area contributed by atoms with E-state index < -0.39 is 0 Å². The number of nitrogen functional groups attached to an aromatic ring is 1. The highest BCUT2D eigenvalue weighted by atomic mass is 19.1. The molecule has 1 atom stereocenters. The number of hydrogen-bond acceptors (Lipinski definition) is 3. The number of carbonyl (C=O) groups is 1. The molecule has 3 rings (SSSR count). The summed E-state index contributed by atoms with van der Waals surface area (Å²) in [6, 6.07) is 14.0. The van der Waals surface area contributed by atoms with Gasteiger partial charge in [0.15, 0.2) is 0 Å². The minimum atomic E-state index is -0.288. The van der Waals surface area contributed by atoms with Gasteiger partial charge in [0.05, 0.1) is 6.10 Å². The summed E-state index contributed by atoms with van der Waals surface area (Å²) in [7, 11) is 0. The van der Waals surface area contributed by atoms with Crippen molar-refractivity contribution in [1.29, 1.82) is 0 Å². The molecule has 1 saturated heterocycles. The van der Waals surface area contributed by atoms with Crippen LogP contribution in [0, 0.1) is 5.82 Å². The Morgan fingerprint density at radius 1 is 1.23 bits per heavy atom. The zero-order valence-corrected chi connectivity index (χ0v) is 14.9. The molecule has 4 nitrogen and oxygen atoms in total. The van der Waals surface area contributed by atoms with Gasteiger partial charge < -0.3 is 15.4 Å². The standard InChI is InChI=1S/C21H25FN2O2/c22-18-7-3-5-16(13-18)14-24(15-19-8-4-12-26-19)21(25)11-10-17-6-1-2-9-20(17)23/h1-3,5-7,9,13,19H,4,8,10-12,14-15,23H2. The van der Waals surface area contributed by atoms with Gasteiger partial charge in [0, 0.05) is 31.8 Å². The quantitative estimate of drug-likeness (QED) is 0.772. The van der Waals surface area contributed by atoms with Crippen LogP contribution >= 0.6 is 0 Å². The highest BCUT2D eigenvalue weighted by molar-refractivity contribution is 5.76. The normalized spacial score (nSPS) is 16.6. The summed E-state index contributed by atoms with van der Waals surface area (Å²) in [5, 5.41) is 0. The summed E-state index contributed by atoms with van der Waals surface area (Å²) >= 11 is 0. The van der Waals surface area contributed by atoms with Crippen molar-refractivity contribution in [2.45, 2.75) is 38.3 Å². The van der Waals surface area contributed by atoms with E-state index in [1.54, 1.807) is 11.0 Å². The van der Waals surface area contributed by atoms with Crippen molar-refractivity contribution in [2.24, 2.45) is 0 Å².